The van der Waals surface area contributed by atoms with Crippen molar-refractivity contribution in [2.24, 2.45) is 0 Å². The van der Waals surface area contributed by atoms with E-state index in [4.69, 9.17) is 25.8 Å². The molecule has 0 bridgehead atoms. The summed E-state index contributed by atoms with van der Waals surface area (Å²) in [6.07, 6.45) is -0.573. The first kappa shape index (κ1) is 13.1. The number of ether oxygens (including phenoxy) is 4. The van der Waals surface area contributed by atoms with Crippen LogP contribution in [0.25, 0.3) is 0 Å². The standard InChI is InChI=1S/C11H12ClNO5/c1-15-9-6(11-17-3-4-18-11)5-7(12)8(13-9)10(14)16-2/h5,11H,3-4H2,1-2H3. The summed E-state index contributed by atoms with van der Waals surface area (Å²) in [6.45, 7) is 0.981. The van der Waals surface area contributed by atoms with Crippen molar-refractivity contribution in [3.8, 4) is 5.88 Å². The molecule has 0 spiro atoms. The Bertz CT molecular complexity index is 459. The van der Waals surface area contributed by atoms with Gasteiger partial charge >= 0.3 is 5.97 Å². The summed E-state index contributed by atoms with van der Waals surface area (Å²) in [5.41, 5.74) is 0.547. The minimum atomic E-state index is -0.627. The summed E-state index contributed by atoms with van der Waals surface area (Å²) >= 11 is 5.98. The normalized spacial score (nSPS) is 15.7. The van der Waals surface area contributed by atoms with Crippen molar-refractivity contribution in [1.82, 2.24) is 4.98 Å². The number of hydrogen-bond donors (Lipinski definition) is 0. The molecule has 0 radical (unpaired) electrons. The van der Waals surface area contributed by atoms with Crippen LogP contribution in [0.15, 0.2) is 6.07 Å². The fraction of sp³-hybridized carbons (Fsp3) is 0.455. The summed E-state index contributed by atoms with van der Waals surface area (Å²) in [5, 5.41) is 0.164. The zero-order valence-electron chi connectivity index (χ0n) is 9.94. The lowest BCUT2D eigenvalue weighted by atomic mass is 10.2. The average molecular weight is 274 g/mol. The van der Waals surface area contributed by atoms with Gasteiger partial charge < -0.3 is 18.9 Å². The first-order valence-electron chi connectivity index (χ1n) is 5.23. The Morgan fingerprint density at radius 3 is 2.67 bits per heavy atom. The summed E-state index contributed by atoms with van der Waals surface area (Å²) in [4.78, 5) is 15.5. The highest BCUT2D eigenvalue weighted by Crippen LogP contribution is 2.33. The average Bonchev–Trinajstić information content (AvgIpc) is 2.91. The van der Waals surface area contributed by atoms with E-state index >= 15 is 0 Å². The molecule has 1 fully saturated rings. The lowest BCUT2D eigenvalue weighted by Gasteiger charge is -2.14. The summed E-state index contributed by atoms with van der Waals surface area (Å²) in [6, 6.07) is 1.54. The van der Waals surface area contributed by atoms with Crippen molar-refractivity contribution in [2.75, 3.05) is 27.4 Å². The van der Waals surface area contributed by atoms with E-state index in [1.54, 1.807) is 0 Å². The van der Waals surface area contributed by atoms with Crippen LogP contribution in [0.2, 0.25) is 5.02 Å². The van der Waals surface area contributed by atoms with Crippen LogP contribution in [-0.2, 0) is 14.2 Å². The molecule has 1 aromatic rings. The number of aromatic nitrogens is 1. The van der Waals surface area contributed by atoms with Gasteiger partial charge in [-0.05, 0) is 6.07 Å². The van der Waals surface area contributed by atoms with Gasteiger partial charge in [0.2, 0.25) is 5.88 Å². The molecule has 0 unspecified atom stereocenters. The molecule has 0 aliphatic carbocycles. The molecule has 0 atom stereocenters. The molecule has 2 rings (SSSR count). The number of hydrogen-bond acceptors (Lipinski definition) is 6. The maximum absolute atomic E-state index is 11.4. The van der Waals surface area contributed by atoms with Gasteiger partial charge in [-0.3, -0.25) is 0 Å². The maximum atomic E-state index is 11.4. The van der Waals surface area contributed by atoms with Gasteiger partial charge in [0.15, 0.2) is 12.0 Å². The van der Waals surface area contributed by atoms with E-state index in [9.17, 15) is 4.79 Å². The van der Waals surface area contributed by atoms with Gasteiger partial charge in [-0.2, -0.15) is 0 Å². The van der Waals surface area contributed by atoms with Gasteiger partial charge in [-0.1, -0.05) is 11.6 Å². The zero-order chi connectivity index (χ0) is 13.1. The third-order valence-corrected chi connectivity index (χ3v) is 2.70. The Morgan fingerprint density at radius 1 is 1.44 bits per heavy atom. The molecule has 18 heavy (non-hydrogen) atoms. The van der Waals surface area contributed by atoms with Gasteiger partial charge in [0.05, 0.1) is 38.0 Å². The van der Waals surface area contributed by atoms with Gasteiger partial charge in [0.1, 0.15) is 0 Å². The fourth-order valence-electron chi connectivity index (χ4n) is 1.60. The predicted octanol–water partition coefficient (Wildman–Crippen LogP) is 1.58. The van der Waals surface area contributed by atoms with Crippen LogP contribution < -0.4 is 4.74 Å². The first-order chi connectivity index (χ1) is 8.67. The molecule has 1 aliphatic rings. The minimum absolute atomic E-state index is 0.00207. The molecule has 1 saturated heterocycles. The number of pyridine rings is 1. The first-order valence-corrected chi connectivity index (χ1v) is 5.61. The number of carbonyl (C=O) groups is 1. The van der Waals surface area contributed by atoms with E-state index < -0.39 is 12.3 Å². The molecule has 98 valence electrons. The van der Waals surface area contributed by atoms with Crippen molar-refractivity contribution in [2.45, 2.75) is 6.29 Å². The van der Waals surface area contributed by atoms with Gasteiger partial charge in [0, 0.05) is 0 Å². The van der Waals surface area contributed by atoms with Crippen molar-refractivity contribution in [3.05, 3.63) is 22.3 Å². The highest BCUT2D eigenvalue weighted by Gasteiger charge is 2.26. The van der Waals surface area contributed by atoms with Crippen molar-refractivity contribution in [1.29, 1.82) is 0 Å². The van der Waals surface area contributed by atoms with E-state index in [2.05, 4.69) is 9.72 Å². The molecule has 0 aromatic carbocycles. The predicted molar refractivity (Wildman–Crippen MR) is 61.8 cm³/mol. The number of carbonyl (C=O) groups excluding carboxylic acids is 1. The molecule has 2 heterocycles. The number of esters is 1. The van der Waals surface area contributed by atoms with Gasteiger partial charge in [0.25, 0.3) is 0 Å². The van der Waals surface area contributed by atoms with Crippen LogP contribution in [-0.4, -0.2) is 38.4 Å². The second-order valence-electron chi connectivity index (χ2n) is 3.48. The third-order valence-electron chi connectivity index (χ3n) is 2.42. The topological polar surface area (TPSA) is 66.9 Å². The van der Waals surface area contributed by atoms with Crippen molar-refractivity contribution in [3.63, 3.8) is 0 Å². The Kier molecular flexibility index (Phi) is 4.00. The highest BCUT2D eigenvalue weighted by atomic mass is 35.5. The molecule has 0 saturated carbocycles. The van der Waals surface area contributed by atoms with Gasteiger partial charge in [-0.25, -0.2) is 9.78 Å². The number of rotatable bonds is 3. The summed E-state index contributed by atoms with van der Waals surface area (Å²) in [7, 11) is 2.69. The van der Waals surface area contributed by atoms with Crippen LogP contribution in [0.5, 0.6) is 5.88 Å². The smallest absolute Gasteiger partial charge is 0.358 e. The third kappa shape index (κ3) is 2.40. The summed E-state index contributed by atoms with van der Waals surface area (Å²) in [5.74, 6) is -0.398. The molecule has 0 N–H and O–H groups in total. The number of methoxy groups -OCH3 is 2. The van der Waals surface area contributed by atoms with E-state index in [1.807, 2.05) is 0 Å². The second kappa shape index (κ2) is 5.51. The molecule has 1 aromatic heterocycles. The van der Waals surface area contributed by atoms with E-state index in [1.165, 1.54) is 20.3 Å². The van der Waals surface area contributed by atoms with Crippen LogP contribution >= 0.6 is 11.6 Å². The Morgan fingerprint density at radius 2 is 2.11 bits per heavy atom. The van der Waals surface area contributed by atoms with Crippen molar-refractivity contribution >= 4 is 17.6 Å². The monoisotopic (exact) mass is 273 g/mol. The molecular formula is C11H12ClNO5. The van der Waals surface area contributed by atoms with Crippen LogP contribution in [0, 0.1) is 0 Å². The van der Waals surface area contributed by atoms with Crippen LogP contribution in [0.1, 0.15) is 22.3 Å². The molecule has 0 amide bonds. The number of nitrogens with zero attached hydrogens (tertiary/aromatic N) is 1. The summed E-state index contributed by atoms with van der Waals surface area (Å²) < 4.78 is 20.4. The van der Waals surface area contributed by atoms with E-state index in [-0.39, 0.29) is 16.6 Å². The quantitative estimate of drug-likeness (QED) is 0.779. The molecular weight excluding hydrogens is 262 g/mol. The minimum Gasteiger partial charge on any atom is -0.481 e. The molecule has 7 heteroatoms. The molecule has 6 nitrogen and oxygen atoms in total. The van der Waals surface area contributed by atoms with Crippen molar-refractivity contribution < 1.29 is 23.7 Å². The Labute approximate surface area is 109 Å². The van der Waals surface area contributed by atoms with E-state index in [0.717, 1.165) is 0 Å². The van der Waals surface area contributed by atoms with Crippen LogP contribution in [0.4, 0.5) is 0 Å². The lowest BCUT2D eigenvalue weighted by Crippen LogP contribution is -2.10. The fourth-order valence-corrected chi connectivity index (χ4v) is 1.83. The highest BCUT2D eigenvalue weighted by molar-refractivity contribution is 6.33. The van der Waals surface area contributed by atoms with Crippen LogP contribution in [0.3, 0.4) is 0 Å². The maximum Gasteiger partial charge on any atom is 0.358 e. The number of halogens is 1. The SMILES string of the molecule is COC(=O)c1nc(OC)c(C2OCCO2)cc1Cl. The largest absolute Gasteiger partial charge is 0.481 e. The Balaban J connectivity index is 2.42. The molecule has 1 aliphatic heterocycles. The Hall–Kier alpha value is -1.37. The zero-order valence-corrected chi connectivity index (χ0v) is 10.7. The lowest BCUT2D eigenvalue weighted by molar-refractivity contribution is -0.0458. The second-order valence-corrected chi connectivity index (χ2v) is 3.89. The van der Waals surface area contributed by atoms with Gasteiger partial charge in [-0.15, -0.1) is 0 Å². The van der Waals surface area contributed by atoms with E-state index in [0.29, 0.717) is 18.8 Å².